The monoisotopic (exact) mass is 316 g/mol. The van der Waals surface area contributed by atoms with Crippen molar-refractivity contribution in [3.8, 4) is 11.5 Å². The number of rotatable bonds is 6. The molecule has 2 aromatic heterocycles. The van der Waals surface area contributed by atoms with Gasteiger partial charge in [-0.2, -0.15) is 23.4 Å². The van der Waals surface area contributed by atoms with Gasteiger partial charge in [0, 0.05) is 6.54 Å². The third kappa shape index (κ3) is 3.62. The van der Waals surface area contributed by atoms with Crippen molar-refractivity contribution in [2.45, 2.75) is 38.9 Å². The number of alkyl halides is 3. The van der Waals surface area contributed by atoms with Gasteiger partial charge in [0.1, 0.15) is 11.4 Å². The van der Waals surface area contributed by atoms with Gasteiger partial charge in [0.2, 0.25) is 5.91 Å². The molecule has 3 N–H and O–H groups in total. The number of carbonyl (C=O) groups excluding carboxylic acids is 1. The lowest BCUT2D eigenvalue weighted by molar-refractivity contribution is -0.141. The van der Waals surface area contributed by atoms with Crippen molar-refractivity contribution in [1.82, 2.24) is 25.0 Å². The predicted octanol–water partition coefficient (Wildman–Crippen LogP) is 1.51. The van der Waals surface area contributed by atoms with Crippen LogP contribution >= 0.6 is 0 Å². The van der Waals surface area contributed by atoms with E-state index in [-0.39, 0.29) is 23.8 Å². The second kappa shape index (κ2) is 6.16. The second-order valence-electron chi connectivity index (χ2n) is 4.74. The lowest BCUT2D eigenvalue weighted by Crippen LogP contribution is -2.14. The lowest BCUT2D eigenvalue weighted by atomic mass is 10.3. The van der Waals surface area contributed by atoms with Crippen molar-refractivity contribution >= 4 is 5.91 Å². The number of nitrogens with one attached hydrogen (secondary N) is 1. The van der Waals surface area contributed by atoms with Crippen molar-refractivity contribution in [1.29, 1.82) is 0 Å². The molecule has 10 heteroatoms. The molecule has 2 heterocycles. The van der Waals surface area contributed by atoms with E-state index in [0.717, 1.165) is 18.9 Å². The molecule has 0 spiro atoms. The van der Waals surface area contributed by atoms with Crippen LogP contribution in [-0.4, -0.2) is 30.9 Å². The molecule has 2 rings (SSSR count). The van der Waals surface area contributed by atoms with Crippen LogP contribution in [0.25, 0.3) is 11.5 Å². The maximum absolute atomic E-state index is 12.6. The summed E-state index contributed by atoms with van der Waals surface area (Å²) in [6.45, 7) is 2.43. The van der Waals surface area contributed by atoms with Crippen LogP contribution < -0.4 is 5.73 Å². The summed E-state index contributed by atoms with van der Waals surface area (Å²) in [7, 11) is 0. The minimum Gasteiger partial charge on any atom is -0.369 e. The van der Waals surface area contributed by atoms with Crippen molar-refractivity contribution < 1.29 is 18.0 Å². The Kier molecular flexibility index (Phi) is 4.48. The molecule has 0 aromatic carbocycles. The number of hydrogen-bond acceptors (Lipinski definition) is 4. The molecule has 0 fully saturated rings. The lowest BCUT2D eigenvalue weighted by Gasteiger charge is -2.02. The summed E-state index contributed by atoms with van der Waals surface area (Å²) in [5.41, 5.74) is 4.14. The number of aromatic amines is 1. The van der Waals surface area contributed by atoms with E-state index in [1.165, 1.54) is 4.68 Å². The first kappa shape index (κ1) is 16.0. The molecule has 0 aliphatic rings. The summed E-state index contributed by atoms with van der Waals surface area (Å²) in [5.74, 6) is -0.274. The SMILES string of the molecule is CCCCn1nc(CC(N)=O)nc1-c1cc(C(F)(F)F)[nH]n1. The Hall–Kier alpha value is -2.39. The number of primary amides is 1. The number of hydrogen-bond donors (Lipinski definition) is 2. The summed E-state index contributed by atoms with van der Waals surface area (Å²) in [6, 6.07) is 0.862. The fourth-order valence-corrected chi connectivity index (χ4v) is 1.85. The second-order valence-corrected chi connectivity index (χ2v) is 4.74. The standard InChI is InChI=1S/C12H15F3N6O/c1-2-3-4-21-11(17-10(20-21)6-9(16)22)7-5-8(19-18-7)12(13,14)15/h5H,2-4,6H2,1H3,(H2,16,22)(H,18,19). The molecule has 0 unspecified atom stereocenters. The van der Waals surface area contributed by atoms with Gasteiger partial charge in [-0.25, -0.2) is 9.67 Å². The highest BCUT2D eigenvalue weighted by atomic mass is 19.4. The summed E-state index contributed by atoms with van der Waals surface area (Å²) in [6.07, 6.45) is -3.06. The third-order valence-electron chi connectivity index (χ3n) is 2.88. The van der Waals surface area contributed by atoms with Gasteiger partial charge in [0.05, 0.1) is 6.42 Å². The van der Waals surface area contributed by atoms with Gasteiger partial charge >= 0.3 is 6.18 Å². The van der Waals surface area contributed by atoms with E-state index in [4.69, 9.17) is 5.73 Å². The first-order chi connectivity index (χ1) is 10.3. The van der Waals surface area contributed by atoms with Gasteiger partial charge < -0.3 is 5.73 Å². The number of H-pyrrole nitrogens is 1. The van der Waals surface area contributed by atoms with Crippen molar-refractivity contribution in [2.75, 3.05) is 0 Å². The molecule has 0 radical (unpaired) electrons. The van der Waals surface area contributed by atoms with Gasteiger partial charge in [-0.1, -0.05) is 13.3 Å². The van der Waals surface area contributed by atoms with Crippen LogP contribution in [0.4, 0.5) is 13.2 Å². The van der Waals surface area contributed by atoms with Crippen LogP contribution in [0.3, 0.4) is 0 Å². The first-order valence-electron chi connectivity index (χ1n) is 6.66. The van der Waals surface area contributed by atoms with Gasteiger partial charge in [-0.15, -0.1) is 0 Å². The smallest absolute Gasteiger partial charge is 0.369 e. The summed E-state index contributed by atoms with van der Waals surface area (Å²) >= 11 is 0. The van der Waals surface area contributed by atoms with Crippen LogP contribution in [-0.2, 0) is 23.9 Å². The Morgan fingerprint density at radius 1 is 1.45 bits per heavy atom. The Labute approximate surface area is 123 Å². The van der Waals surface area contributed by atoms with Crippen LogP contribution in [0.15, 0.2) is 6.07 Å². The Morgan fingerprint density at radius 2 is 2.18 bits per heavy atom. The molecule has 22 heavy (non-hydrogen) atoms. The minimum atomic E-state index is -4.52. The molecule has 120 valence electrons. The van der Waals surface area contributed by atoms with Crippen LogP contribution in [0.5, 0.6) is 0 Å². The van der Waals surface area contributed by atoms with E-state index < -0.39 is 17.8 Å². The zero-order valence-electron chi connectivity index (χ0n) is 11.8. The number of halogens is 3. The predicted molar refractivity (Wildman–Crippen MR) is 70.4 cm³/mol. The summed E-state index contributed by atoms with van der Waals surface area (Å²) < 4.78 is 39.3. The topological polar surface area (TPSA) is 102 Å². The molecule has 0 aliphatic carbocycles. The van der Waals surface area contributed by atoms with Crippen molar-refractivity contribution in [3.63, 3.8) is 0 Å². The molecular formula is C12H15F3N6O. The highest BCUT2D eigenvalue weighted by Crippen LogP contribution is 2.29. The van der Waals surface area contributed by atoms with E-state index >= 15 is 0 Å². The van der Waals surface area contributed by atoms with E-state index in [2.05, 4.69) is 15.2 Å². The number of nitrogens with zero attached hydrogens (tertiary/aromatic N) is 4. The minimum absolute atomic E-state index is 0.0200. The zero-order valence-corrected chi connectivity index (χ0v) is 11.8. The number of aromatic nitrogens is 5. The molecule has 0 aliphatic heterocycles. The van der Waals surface area contributed by atoms with Gasteiger partial charge in [0.15, 0.2) is 11.6 Å². The van der Waals surface area contributed by atoms with E-state index in [1.807, 2.05) is 12.0 Å². The molecule has 0 atom stereocenters. The van der Waals surface area contributed by atoms with Crippen molar-refractivity contribution in [2.24, 2.45) is 5.73 Å². The van der Waals surface area contributed by atoms with Gasteiger partial charge in [-0.3, -0.25) is 9.89 Å². The summed E-state index contributed by atoms with van der Waals surface area (Å²) in [4.78, 5) is 15.0. The molecule has 1 amide bonds. The van der Waals surface area contributed by atoms with E-state index in [0.29, 0.717) is 6.54 Å². The highest BCUT2D eigenvalue weighted by Gasteiger charge is 2.33. The number of carbonyl (C=O) groups is 1. The van der Waals surface area contributed by atoms with Crippen LogP contribution in [0.1, 0.15) is 31.3 Å². The number of unbranched alkanes of at least 4 members (excludes halogenated alkanes) is 1. The van der Waals surface area contributed by atoms with Gasteiger partial charge in [-0.05, 0) is 12.5 Å². The Balaban J connectivity index is 2.36. The quantitative estimate of drug-likeness (QED) is 0.843. The molecule has 0 bridgehead atoms. The number of aryl methyl sites for hydroxylation is 1. The fourth-order valence-electron chi connectivity index (χ4n) is 1.85. The Morgan fingerprint density at radius 3 is 2.73 bits per heavy atom. The van der Waals surface area contributed by atoms with Crippen LogP contribution in [0, 0.1) is 0 Å². The average molecular weight is 316 g/mol. The summed E-state index contributed by atoms with van der Waals surface area (Å²) in [5, 5.41) is 9.66. The first-order valence-corrected chi connectivity index (χ1v) is 6.66. The normalized spacial score (nSPS) is 11.8. The Bertz CT molecular complexity index is 660. The third-order valence-corrected chi connectivity index (χ3v) is 2.88. The number of nitrogens with two attached hydrogens (primary N) is 1. The number of amides is 1. The van der Waals surface area contributed by atoms with Crippen molar-refractivity contribution in [3.05, 3.63) is 17.6 Å². The zero-order chi connectivity index (χ0) is 16.3. The molecule has 7 nitrogen and oxygen atoms in total. The average Bonchev–Trinajstić information content (AvgIpc) is 3.01. The fraction of sp³-hybridized carbons (Fsp3) is 0.500. The van der Waals surface area contributed by atoms with Crippen LogP contribution in [0.2, 0.25) is 0 Å². The molecular weight excluding hydrogens is 301 g/mol. The molecule has 2 aromatic rings. The maximum Gasteiger partial charge on any atom is 0.432 e. The van der Waals surface area contributed by atoms with E-state index in [1.54, 1.807) is 0 Å². The van der Waals surface area contributed by atoms with E-state index in [9.17, 15) is 18.0 Å². The molecule has 0 saturated heterocycles. The maximum atomic E-state index is 12.6. The largest absolute Gasteiger partial charge is 0.432 e. The molecule has 0 saturated carbocycles. The van der Waals surface area contributed by atoms with Gasteiger partial charge in [0.25, 0.3) is 0 Å². The highest BCUT2D eigenvalue weighted by molar-refractivity contribution is 5.75.